The number of furan rings is 1. The summed E-state index contributed by atoms with van der Waals surface area (Å²) in [5.41, 5.74) is 2.39. The Morgan fingerprint density at radius 3 is 2.65 bits per heavy atom. The van der Waals surface area contributed by atoms with Crippen LogP contribution in [0.25, 0.3) is 0 Å². The van der Waals surface area contributed by atoms with Gasteiger partial charge < -0.3 is 13.9 Å². The largest absolute Gasteiger partial charge is 0.468 e. The van der Waals surface area contributed by atoms with Gasteiger partial charge in [-0.2, -0.15) is 0 Å². The van der Waals surface area contributed by atoms with Crippen molar-refractivity contribution in [2.75, 3.05) is 7.11 Å². The Morgan fingerprint density at radius 1 is 1.35 bits per heavy atom. The van der Waals surface area contributed by atoms with Crippen LogP contribution in [0.15, 0.2) is 22.3 Å². The lowest BCUT2D eigenvalue weighted by molar-refractivity contribution is -0.146. The van der Waals surface area contributed by atoms with Gasteiger partial charge in [-0.25, -0.2) is 0 Å². The molecule has 0 aromatic carbocycles. The molecule has 0 fully saturated rings. The molecule has 1 aliphatic carbocycles. The average Bonchev–Trinajstić information content (AvgIpc) is 2.82. The molecule has 23 heavy (non-hydrogen) atoms. The van der Waals surface area contributed by atoms with Gasteiger partial charge in [-0.05, 0) is 25.8 Å². The second kappa shape index (κ2) is 7.13. The van der Waals surface area contributed by atoms with E-state index in [-0.39, 0.29) is 17.8 Å². The minimum atomic E-state index is -0.827. The lowest BCUT2D eigenvalue weighted by Crippen LogP contribution is -2.35. The maximum atomic E-state index is 13.0. The van der Waals surface area contributed by atoms with Gasteiger partial charge in [0, 0.05) is 26.4 Å². The molecule has 1 heterocycles. The van der Waals surface area contributed by atoms with Gasteiger partial charge in [0.1, 0.15) is 5.76 Å². The number of hydrogen-bond acceptors (Lipinski definition) is 5. The third-order valence-electron chi connectivity index (χ3n) is 4.18. The van der Waals surface area contributed by atoms with Gasteiger partial charge in [-0.15, -0.1) is 0 Å². The van der Waals surface area contributed by atoms with Crippen molar-refractivity contribution in [3.63, 3.8) is 0 Å². The van der Waals surface area contributed by atoms with Crippen LogP contribution in [0.4, 0.5) is 0 Å². The summed E-state index contributed by atoms with van der Waals surface area (Å²) in [6.45, 7) is 7.05. The average molecular weight is 320 g/mol. The van der Waals surface area contributed by atoms with Crippen molar-refractivity contribution in [3.8, 4) is 0 Å². The molecular formula is C18H24O5. The molecule has 0 amide bonds. The Balaban J connectivity index is 2.50. The third-order valence-corrected chi connectivity index (χ3v) is 4.18. The van der Waals surface area contributed by atoms with Gasteiger partial charge >= 0.3 is 5.97 Å². The monoisotopic (exact) mass is 320 g/mol. The summed E-state index contributed by atoms with van der Waals surface area (Å²) >= 11 is 0. The Labute approximate surface area is 136 Å². The molecule has 1 aliphatic rings. The second-order valence-electron chi connectivity index (χ2n) is 6.29. The summed E-state index contributed by atoms with van der Waals surface area (Å²) in [5, 5.41) is 0. The molecule has 5 nitrogen and oxygen atoms in total. The number of methoxy groups -OCH3 is 1. The second-order valence-corrected chi connectivity index (χ2v) is 6.29. The van der Waals surface area contributed by atoms with E-state index in [1.54, 1.807) is 13.4 Å². The number of carbonyl (C=O) groups excluding carboxylic acids is 2. The highest BCUT2D eigenvalue weighted by Crippen LogP contribution is 2.28. The zero-order valence-corrected chi connectivity index (χ0v) is 14.3. The van der Waals surface area contributed by atoms with E-state index >= 15 is 0 Å². The predicted octanol–water partition coefficient (Wildman–Crippen LogP) is 3.25. The van der Waals surface area contributed by atoms with E-state index in [1.165, 1.54) is 6.92 Å². The maximum absolute atomic E-state index is 13.0. The van der Waals surface area contributed by atoms with Gasteiger partial charge in [0.25, 0.3) is 0 Å². The fourth-order valence-corrected chi connectivity index (χ4v) is 3.06. The number of ether oxygens (including phenoxy) is 2. The first-order valence-corrected chi connectivity index (χ1v) is 7.82. The zero-order chi connectivity index (χ0) is 17.1. The van der Waals surface area contributed by atoms with Crippen LogP contribution in [0.3, 0.4) is 0 Å². The molecular weight excluding hydrogens is 296 g/mol. The number of esters is 1. The van der Waals surface area contributed by atoms with Crippen molar-refractivity contribution < 1.29 is 23.5 Å². The topological polar surface area (TPSA) is 65.7 Å². The first-order valence-electron chi connectivity index (χ1n) is 7.82. The van der Waals surface area contributed by atoms with Crippen LogP contribution < -0.4 is 0 Å². The molecule has 0 saturated heterocycles. The molecule has 126 valence electrons. The highest BCUT2D eigenvalue weighted by Gasteiger charge is 2.34. The molecule has 0 aliphatic heterocycles. The summed E-state index contributed by atoms with van der Waals surface area (Å²) in [4.78, 5) is 24.4. The lowest BCUT2D eigenvalue weighted by atomic mass is 9.87. The van der Waals surface area contributed by atoms with Crippen molar-refractivity contribution in [1.82, 2.24) is 0 Å². The van der Waals surface area contributed by atoms with Gasteiger partial charge in [0.05, 0.1) is 17.9 Å². The van der Waals surface area contributed by atoms with Crippen LogP contribution >= 0.6 is 0 Å². The molecule has 0 bridgehead atoms. The van der Waals surface area contributed by atoms with Crippen molar-refractivity contribution in [2.45, 2.75) is 52.7 Å². The van der Waals surface area contributed by atoms with Gasteiger partial charge in [-0.3, -0.25) is 9.59 Å². The third kappa shape index (κ3) is 3.91. The molecule has 0 unspecified atom stereocenters. The lowest BCUT2D eigenvalue weighted by Gasteiger charge is -2.26. The molecule has 0 N–H and O–H groups in total. The maximum Gasteiger partial charge on any atom is 0.303 e. The number of aryl methyl sites for hydroxylation is 1. The molecule has 3 atom stereocenters. The van der Waals surface area contributed by atoms with Crippen LogP contribution in [-0.2, 0) is 20.7 Å². The van der Waals surface area contributed by atoms with E-state index < -0.39 is 12.1 Å². The van der Waals surface area contributed by atoms with Crippen LogP contribution in [-0.4, -0.2) is 31.1 Å². The molecule has 0 radical (unpaired) electrons. The first kappa shape index (κ1) is 17.5. The van der Waals surface area contributed by atoms with E-state index in [9.17, 15) is 9.59 Å². The van der Waals surface area contributed by atoms with E-state index in [4.69, 9.17) is 13.9 Å². The fraction of sp³-hybridized carbons (Fsp3) is 0.556. The number of fused-ring (bicyclic) bond motifs is 1. The SMILES string of the molecule is CO[C@H]1/C=C(/C)Cc2occ(C)c2C(=O)[C@@H](OC(C)=O)[C@H](C)C1. The van der Waals surface area contributed by atoms with Crippen molar-refractivity contribution in [2.24, 2.45) is 5.92 Å². The van der Waals surface area contributed by atoms with E-state index in [0.29, 0.717) is 24.2 Å². The highest BCUT2D eigenvalue weighted by atomic mass is 16.5. The quantitative estimate of drug-likeness (QED) is 0.618. The summed E-state index contributed by atoms with van der Waals surface area (Å²) in [7, 11) is 1.64. The smallest absolute Gasteiger partial charge is 0.303 e. The van der Waals surface area contributed by atoms with Crippen molar-refractivity contribution in [1.29, 1.82) is 0 Å². The molecule has 5 heteroatoms. The summed E-state index contributed by atoms with van der Waals surface area (Å²) in [5.74, 6) is -0.211. The van der Waals surface area contributed by atoms with E-state index in [0.717, 1.165) is 11.1 Å². The molecule has 1 aromatic heterocycles. The zero-order valence-electron chi connectivity index (χ0n) is 14.3. The minimum absolute atomic E-state index is 0.131. The standard InChI is InChI=1S/C18H24O5/c1-10-6-14(21-5)8-11(2)18(23-13(4)19)17(20)16-12(3)9-22-15(16)7-10/h6,9,11,14,18H,7-8H2,1-5H3/b10-6-/t11-,14+,18+/m1/s1. The predicted molar refractivity (Wildman–Crippen MR) is 85.4 cm³/mol. The molecule has 0 saturated carbocycles. The number of allylic oxidation sites excluding steroid dienone is 1. The normalized spacial score (nSPS) is 27.8. The first-order chi connectivity index (χ1) is 10.8. The Hall–Kier alpha value is -1.88. The Kier molecular flexibility index (Phi) is 5.42. The number of Topliss-reactive ketones (excluding diaryl/α,β-unsaturated/α-hetero) is 1. The van der Waals surface area contributed by atoms with Crippen LogP contribution in [0.1, 0.15) is 48.9 Å². The van der Waals surface area contributed by atoms with E-state index in [2.05, 4.69) is 0 Å². The Bertz CT molecular complexity index is 625. The molecule has 0 spiro atoms. The highest BCUT2D eigenvalue weighted by molar-refractivity contribution is 6.02. The van der Waals surface area contributed by atoms with Crippen molar-refractivity contribution in [3.05, 3.63) is 34.8 Å². The van der Waals surface area contributed by atoms with Crippen LogP contribution in [0.2, 0.25) is 0 Å². The summed E-state index contributed by atoms with van der Waals surface area (Å²) in [6.07, 6.45) is 3.80. The minimum Gasteiger partial charge on any atom is -0.468 e. The molecule has 1 aromatic rings. The van der Waals surface area contributed by atoms with Gasteiger partial charge in [-0.1, -0.05) is 18.6 Å². The van der Waals surface area contributed by atoms with E-state index in [1.807, 2.05) is 26.8 Å². The molecule has 2 rings (SSSR count). The Morgan fingerprint density at radius 2 is 2.04 bits per heavy atom. The number of hydrogen-bond donors (Lipinski definition) is 0. The van der Waals surface area contributed by atoms with Gasteiger partial charge in [0.15, 0.2) is 6.10 Å². The summed E-state index contributed by atoms with van der Waals surface area (Å²) < 4.78 is 16.4. The van der Waals surface area contributed by atoms with Crippen molar-refractivity contribution >= 4 is 11.8 Å². The van der Waals surface area contributed by atoms with Crippen LogP contribution in [0, 0.1) is 12.8 Å². The summed E-state index contributed by atoms with van der Waals surface area (Å²) in [6, 6.07) is 0. The number of ketones is 1. The number of rotatable bonds is 2. The van der Waals surface area contributed by atoms with Gasteiger partial charge in [0.2, 0.25) is 5.78 Å². The van der Waals surface area contributed by atoms with Crippen LogP contribution in [0.5, 0.6) is 0 Å². The number of carbonyl (C=O) groups is 2. The fourth-order valence-electron chi connectivity index (χ4n) is 3.06.